The first-order chi connectivity index (χ1) is 15.1. The van der Waals surface area contributed by atoms with Gasteiger partial charge in [0.1, 0.15) is 0 Å². The van der Waals surface area contributed by atoms with Crippen molar-refractivity contribution >= 4 is 28.9 Å². The topological polar surface area (TPSA) is 62.8 Å². The van der Waals surface area contributed by atoms with Gasteiger partial charge in [-0.15, -0.1) is 0 Å². The van der Waals surface area contributed by atoms with Gasteiger partial charge in [-0.1, -0.05) is 6.07 Å². The number of carbonyl (C=O) groups is 1. The van der Waals surface area contributed by atoms with E-state index in [9.17, 15) is 4.79 Å². The Kier molecular flexibility index (Phi) is 8.53. The van der Waals surface area contributed by atoms with Crippen molar-refractivity contribution < 1.29 is 14.3 Å². The maximum Gasteiger partial charge on any atom is 0.253 e. The molecule has 166 valence electrons. The third-order valence-corrected chi connectivity index (χ3v) is 5.34. The third kappa shape index (κ3) is 6.59. The fraction of sp³-hybridized carbons (Fsp3) is 0.417. The molecule has 0 aliphatic carbocycles. The van der Waals surface area contributed by atoms with E-state index in [-0.39, 0.29) is 5.91 Å². The van der Waals surface area contributed by atoms with Gasteiger partial charge in [0.25, 0.3) is 5.91 Å². The van der Waals surface area contributed by atoms with E-state index in [2.05, 4.69) is 10.6 Å². The van der Waals surface area contributed by atoms with Gasteiger partial charge in [0.15, 0.2) is 16.6 Å². The highest BCUT2D eigenvalue weighted by molar-refractivity contribution is 7.80. The smallest absolute Gasteiger partial charge is 0.253 e. The van der Waals surface area contributed by atoms with Crippen molar-refractivity contribution in [3.63, 3.8) is 0 Å². The monoisotopic (exact) mass is 441 g/mol. The van der Waals surface area contributed by atoms with Crippen LogP contribution in [0, 0.1) is 0 Å². The summed E-state index contributed by atoms with van der Waals surface area (Å²) in [7, 11) is 0. The molecule has 2 aromatic rings. The molecule has 31 heavy (non-hydrogen) atoms. The highest BCUT2D eigenvalue weighted by atomic mass is 32.1. The highest BCUT2D eigenvalue weighted by Gasteiger charge is 2.17. The van der Waals surface area contributed by atoms with E-state index in [4.69, 9.17) is 21.7 Å². The normalized spacial score (nSPS) is 13.4. The quantitative estimate of drug-likeness (QED) is 0.584. The van der Waals surface area contributed by atoms with Crippen molar-refractivity contribution in [3.8, 4) is 11.5 Å². The number of anilines is 1. The van der Waals surface area contributed by atoms with Crippen molar-refractivity contribution in [3.05, 3.63) is 53.6 Å². The lowest BCUT2D eigenvalue weighted by Crippen LogP contribution is -2.35. The number of carbonyl (C=O) groups excluding carboxylic acids is 1. The minimum atomic E-state index is 0.104. The second kappa shape index (κ2) is 11.6. The van der Waals surface area contributed by atoms with Crippen LogP contribution in [0.25, 0.3) is 0 Å². The second-order valence-electron chi connectivity index (χ2n) is 7.39. The Bertz CT molecular complexity index is 880. The van der Waals surface area contributed by atoms with Gasteiger partial charge < -0.3 is 25.0 Å². The predicted molar refractivity (Wildman–Crippen MR) is 128 cm³/mol. The fourth-order valence-electron chi connectivity index (χ4n) is 3.54. The van der Waals surface area contributed by atoms with E-state index >= 15 is 0 Å². The van der Waals surface area contributed by atoms with Gasteiger partial charge in [-0.3, -0.25) is 4.79 Å². The third-order valence-electron chi connectivity index (χ3n) is 5.09. The zero-order valence-electron chi connectivity index (χ0n) is 18.3. The van der Waals surface area contributed by atoms with Gasteiger partial charge in [-0.05, 0) is 87.3 Å². The number of nitrogens with one attached hydrogen (secondary N) is 2. The molecule has 1 fully saturated rings. The van der Waals surface area contributed by atoms with Crippen LogP contribution in [0.2, 0.25) is 0 Å². The number of hydrogen-bond acceptors (Lipinski definition) is 4. The molecule has 1 aliphatic heterocycles. The molecule has 1 saturated heterocycles. The standard InChI is InChI=1S/C24H31N3O3S/c1-3-29-21-13-8-18(16-22(21)30-4-2)17-25-24(31)26-20-11-9-19(10-12-20)23(28)27-14-6-5-7-15-27/h8-13,16H,3-7,14-15,17H2,1-2H3,(H2,25,26,31). The maximum atomic E-state index is 12.6. The van der Waals surface area contributed by atoms with Gasteiger partial charge in [-0.25, -0.2) is 0 Å². The first kappa shape index (κ1) is 22.9. The maximum absolute atomic E-state index is 12.6. The van der Waals surface area contributed by atoms with Gasteiger partial charge in [0.2, 0.25) is 0 Å². The number of amides is 1. The van der Waals surface area contributed by atoms with E-state index in [0.717, 1.165) is 48.7 Å². The zero-order chi connectivity index (χ0) is 22.1. The number of likely N-dealkylation sites (tertiary alicyclic amines) is 1. The summed E-state index contributed by atoms with van der Waals surface area (Å²) in [6.07, 6.45) is 3.39. The molecule has 6 nitrogen and oxygen atoms in total. The van der Waals surface area contributed by atoms with Gasteiger partial charge >= 0.3 is 0 Å². The number of piperidine rings is 1. The van der Waals surface area contributed by atoms with Crippen LogP contribution in [0.3, 0.4) is 0 Å². The van der Waals surface area contributed by atoms with Crippen LogP contribution < -0.4 is 20.1 Å². The number of ether oxygens (including phenoxy) is 2. The SMILES string of the molecule is CCOc1ccc(CNC(=S)Nc2ccc(C(=O)N3CCCCC3)cc2)cc1OCC. The summed E-state index contributed by atoms with van der Waals surface area (Å²) in [5.74, 6) is 1.58. The number of benzene rings is 2. The van der Waals surface area contributed by atoms with Crippen LogP contribution in [0.5, 0.6) is 11.5 Å². The summed E-state index contributed by atoms with van der Waals surface area (Å²) in [6, 6.07) is 13.3. The lowest BCUT2D eigenvalue weighted by Gasteiger charge is -2.26. The van der Waals surface area contributed by atoms with Gasteiger partial charge in [-0.2, -0.15) is 0 Å². The summed E-state index contributed by atoms with van der Waals surface area (Å²) < 4.78 is 11.3. The van der Waals surface area contributed by atoms with Crippen LogP contribution in [-0.2, 0) is 6.54 Å². The molecule has 0 aromatic heterocycles. The number of nitrogens with zero attached hydrogens (tertiary/aromatic N) is 1. The molecule has 0 spiro atoms. The molecular formula is C24H31N3O3S. The number of thiocarbonyl (C=S) groups is 1. The fourth-order valence-corrected chi connectivity index (χ4v) is 3.73. The minimum Gasteiger partial charge on any atom is -0.490 e. The summed E-state index contributed by atoms with van der Waals surface area (Å²) in [5, 5.41) is 6.89. The second-order valence-corrected chi connectivity index (χ2v) is 7.79. The van der Waals surface area contributed by atoms with Crippen LogP contribution in [0.4, 0.5) is 5.69 Å². The van der Waals surface area contributed by atoms with E-state index in [1.165, 1.54) is 6.42 Å². The average molecular weight is 442 g/mol. The Labute approximate surface area is 189 Å². The summed E-state index contributed by atoms with van der Waals surface area (Å²) in [6.45, 7) is 7.33. The molecule has 0 atom stereocenters. The zero-order valence-corrected chi connectivity index (χ0v) is 19.1. The Hall–Kier alpha value is -2.80. The first-order valence-corrected chi connectivity index (χ1v) is 11.3. The molecule has 1 aliphatic rings. The van der Waals surface area contributed by atoms with Gasteiger partial charge in [0.05, 0.1) is 13.2 Å². The number of rotatable bonds is 8. The van der Waals surface area contributed by atoms with Crippen molar-refractivity contribution in [2.45, 2.75) is 39.7 Å². The molecule has 7 heteroatoms. The Morgan fingerprint density at radius 3 is 2.32 bits per heavy atom. The molecule has 0 bridgehead atoms. The predicted octanol–water partition coefficient (Wildman–Crippen LogP) is 4.60. The summed E-state index contributed by atoms with van der Waals surface area (Å²) in [5.41, 5.74) is 2.59. The van der Waals surface area contributed by atoms with Crippen molar-refractivity contribution in [1.82, 2.24) is 10.2 Å². The summed E-state index contributed by atoms with van der Waals surface area (Å²) >= 11 is 5.42. The number of hydrogen-bond donors (Lipinski definition) is 2. The lowest BCUT2D eigenvalue weighted by molar-refractivity contribution is 0.0724. The van der Waals surface area contributed by atoms with E-state index in [1.807, 2.05) is 61.2 Å². The molecule has 0 saturated carbocycles. The molecule has 2 N–H and O–H groups in total. The average Bonchev–Trinajstić information content (AvgIpc) is 2.80. The molecule has 0 unspecified atom stereocenters. The van der Waals surface area contributed by atoms with E-state index in [1.54, 1.807) is 0 Å². The van der Waals surface area contributed by atoms with E-state index in [0.29, 0.717) is 30.4 Å². The molecule has 3 rings (SSSR count). The summed E-state index contributed by atoms with van der Waals surface area (Å²) in [4.78, 5) is 14.5. The molecular weight excluding hydrogens is 410 g/mol. The first-order valence-electron chi connectivity index (χ1n) is 10.9. The van der Waals surface area contributed by atoms with Crippen LogP contribution >= 0.6 is 12.2 Å². The molecule has 2 aromatic carbocycles. The molecule has 1 heterocycles. The van der Waals surface area contributed by atoms with Crippen molar-refractivity contribution in [1.29, 1.82) is 0 Å². The Balaban J connectivity index is 1.52. The van der Waals surface area contributed by atoms with Gasteiger partial charge in [0, 0.05) is 30.9 Å². The van der Waals surface area contributed by atoms with Crippen molar-refractivity contribution in [2.24, 2.45) is 0 Å². The Morgan fingerprint density at radius 1 is 0.968 bits per heavy atom. The highest BCUT2D eigenvalue weighted by Crippen LogP contribution is 2.28. The minimum absolute atomic E-state index is 0.104. The lowest BCUT2D eigenvalue weighted by atomic mass is 10.1. The van der Waals surface area contributed by atoms with Crippen LogP contribution in [0.15, 0.2) is 42.5 Å². The molecule has 1 amide bonds. The van der Waals surface area contributed by atoms with Crippen molar-refractivity contribution in [2.75, 3.05) is 31.6 Å². The van der Waals surface area contributed by atoms with Crippen LogP contribution in [-0.4, -0.2) is 42.2 Å². The largest absolute Gasteiger partial charge is 0.490 e. The molecule has 0 radical (unpaired) electrons. The Morgan fingerprint density at radius 2 is 1.65 bits per heavy atom. The van der Waals surface area contributed by atoms with Crippen LogP contribution in [0.1, 0.15) is 49.0 Å². The van der Waals surface area contributed by atoms with E-state index < -0.39 is 0 Å².